The summed E-state index contributed by atoms with van der Waals surface area (Å²) in [4.78, 5) is 41.1. The maximum Gasteiger partial charge on any atom is 0.410 e. The van der Waals surface area contributed by atoms with Crippen LogP contribution in [-0.4, -0.2) is 56.8 Å². The number of piperidine rings is 1. The molecule has 8 heteroatoms. The van der Waals surface area contributed by atoms with E-state index in [-0.39, 0.29) is 23.7 Å². The Bertz CT molecular complexity index is 1770. The molecule has 4 aromatic rings. The van der Waals surface area contributed by atoms with Crippen LogP contribution < -0.4 is 10.5 Å². The predicted molar refractivity (Wildman–Crippen MR) is 182 cm³/mol. The maximum atomic E-state index is 13.9. The van der Waals surface area contributed by atoms with Gasteiger partial charge in [0.1, 0.15) is 11.2 Å². The van der Waals surface area contributed by atoms with Gasteiger partial charge in [0.05, 0.1) is 5.56 Å². The summed E-state index contributed by atoms with van der Waals surface area (Å²) < 4.78 is 7.71. The van der Waals surface area contributed by atoms with Crippen LogP contribution in [0.1, 0.15) is 82.0 Å². The van der Waals surface area contributed by atoms with E-state index in [0.717, 1.165) is 55.9 Å². The van der Waals surface area contributed by atoms with Crippen molar-refractivity contribution in [3.63, 3.8) is 0 Å². The lowest BCUT2D eigenvalue weighted by molar-refractivity contribution is 0.0138. The smallest absolute Gasteiger partial charge is 0.410 e. The van der Waals surface area contributed by atoms with Gasteiger partial charge in [-0.15, -0.1) is 0 Å². The number of hydrogen-bond acceptors (Lipinski definition) is 6. The van der Waals surface area contributed by atoms with E-state index < -0.39 is 5.60 Å². The zero-order valence-electron chi connectivity index (χ0n) is 27.1. The third-order valence-corrected chi connectivity index (χ3v) is 8.87. The van der Waals surface area contributed by atoms with Crippen LogP contribution in [-0.2, 0) is 11.2 Å². The molecular formula is C38H43N5O3. The van der Waals surface area contributed by atoms with Crippen molar-refractivity contribution in [1.82, 2.24) is 19.4 Å². The second kappa shape index (κ2) is 13.8. The number of nitrogens with zero attached hydrogens (tertiary/aromatic N) is 5. The molecule has 6 rings (SSSR count). The van der Waals surface area contributed by atoms with Crippen LogP contribution in [0.2, 0.25) is 0 Å². The quantitative estimate of drug-likeness (QED) is 0.223. The average molecular weight is 618 g/mol. The zero-order valence-corrected chi connectivity index (χ0v) is 27.1. The fourth-order valence-electron chi connectivity index (χ4n) is 6.53. The Morgan fingerprint density at radius 2 is 1.63 bits per heavy atom. The summed E-state index contributed by atoms with van der Waals surface area (Å²) in [5.41, 5.74) is 2.56. The van der Waals surface area contributed by atoms with E-state index in [9.17, 15) is 9.59 Å². The highest BCUT2D eigenvalue weighted by atomic mass is 16.6. The Labute approximate surface area is 271 Å². The summed E-state index contributed by atoms with van der Waals surface area (Å²) in [5.74, 6) is 6.90. The Morgan fingerprint density at radius 3 is 2.30 bits per heavy atom. The molecule has 1 saturated heterocycles. The summed E-state index contributed by atoms with van der Waals surface area (Å²) in [6.07, 6.45) is 8.00. The first-order chi connectivity index (χ1) is 22.2. The van der Waals surface area contributed by atoms with Gasteiger partial charge in [-0.1, -0.05) is 73.2 Å². The van der Waals surface area contributed by atoms with E-state index in [1.54, 1.807) is 0 Å². The molecule has 1 aliphatic carbocycles. The molecule has 46 heavy (non-hydrogen) atoms. The number of carbonyl (C=O) groups is 1. The van der Waals surface area contributed by atoms with Crippen LogP contribution in [0.25, 0.3) is 11.0 Å². The van der Waals surface area contributed by atoms with Crippen molar-refractivity contribution in [2.45, 2.75) is 83.4 Å². The summed E-state index contributed by atoms with van der Waals surface area (Å²) in [7, 11) is 0. The molecule has 2 aromatic heterocycles. The Balaban J connectivity index is 1.23. The van der Waals surface area contributed by atoms with Crippen LogP contribution in [0, 0.1) is 11.8 Å². The summed E-state index contributed by atoms with van der Waals surface area (Å²) in [5, 5.41) is 0.819. The van der Waals surface area contributed by atoms with Gasteiger partial charge in [-0.3, -0.25) is 9.36 Å². The standard InChI is InChI=1S/C38H43N5O3/c1-38(2,3)46-37(45)42(25-20-29-14-8-5-9-15-29)32-21-23-41(24-22-32)36-39-27-31-26-30(19-18-28-12-6-4-7-13-28)35(44)43(34(31)40-36)33-16-10-11-17-33/h4-9,12-15,26-27,32-33H,10-11,16-17,20-25H2,1-3H3. The number of amides is 1. The Kier molecular flexibility index (Phi) is 9.39. The van der Waals surface area contributed by atoms with E-state index in [1.807, 2.05) is 91.0 Å². The van der Waals surface area contributed by atoms with Crippen molar-refractivity contribution in [3.05, 3.63) is 100.0 Å². The van der Waals surface area contributed by atoms with Gasteiger partial charge in [-0.25, -0.2) is 9.78 Å². The molecule has 0 N–H and O–H groups in total. The van der Waals surface area contributed by atoms with E-state index in [0.29, 0.717) is 36.8 Å². The number of benzene rings is 2. The first-order valence-corrected chi connectivity index (χ1v) is 16.5. The molecule has 0 bridgehead atoms. The zero-order chi connectivity index (χ0) is 32.1. The van der Waals surface area contributed by atoms with Crippen LogP contribution in [0.5, 0.6) is 0 Å². The molecule has 2 fully saturated rings. The Morgan fingerprint density at radius 1 is 0.957 bits per heavy atom. The molecule has 2 aromatic carbocycles. The van der Waals surface area contributed by atoms with Gasteiger partial charge in [0.2, 0.25) is 5.95 Å². The number of aromatic nitrogens is 3. The normalized spacial score (nSPS) is 15.8. The largest absolute Gasteiger partial charge is 0.444 e. The summed E-state index contributed by atoms with van der Waals surface area (Å²) in [6.45, 7) is 7.72. The number of pyridine rings is 1. The van der Waals surface area contributed by atoms with Gasteiger partial charge in [0.15, 0.2) is 0 Å². The van der Waals surface area contributed by atoms with Crippen molar-refractivity contribution in [3.8, 4) is 11.8 Å². The van der Waals surface area contributed by atoms with Crippen LogP contribution in [0.15, 0.2) is 77.7 Å². The lowest BCUT2D eigenvalue weighted by atomic mass is 10.0. The number of ether oxygens (including phenoxy) is 1. The minimum absolute atomic E-state index is 0.0534. The van der Waals surface area contributed by atoms with E-state index in [2.05, 4.69) is 28.9 Å². The monoisotopic (exact) mass is 617 g/mol. The molecule has 0 radical (unpaired) electrons. The fourth-order valence-corrected chi connectivity index (χ4v) is 6.53. The molecule has 8 nitrogen and oxygen atoms in total. The van der Waals surface area contributed by atoms with Crippen molar-refractivity contribution in [2.75, 3.05) is 24.5 Å². The van der Waals surface area contributed by atoms with Crippen molar-refractivity contribution < 1.29 is 9.53 Å². The number of anilines is 1. The molecule has 2 aliphatic rings. The highest BCUT2D eigenvalue weighted by Gasteiger charge is 2.32. The lowest BCUT2D eigenvalue weighted by Crippen LogP contribution is -2.50. The molecule has 0 atom stereocenters. The van der Waals surface area contributed by atoms with Gasteiger partial charge < -0.3 is 14.5 Å². The van der Waals surface area contributed by atoms with Gasteiger partial charge in [-0.05, 0) is 76.6 Å². The molecule has 238 valence electrons. The van der Waals surface area contributed by atoms with Crippen molar-refractivity contribution in [2.24, 2.45) is 0 Å². The summed E-state index contributed by atoms with van der Waals surface area (Å²) in [6, 6.07) is 22.0. The van der Waals surface area contributed by atoms with Crippen molar-refractivity contribution >= 4 is 23.1 Å². The highest BCUT2D eigenvalue weighted by molar-refractivity contribution is 5.77. The van der Waals surface area contributed by atoms with Gasteiger partial charge in [0.25, 0.3) is 5.56 Å². The predicted octanol–water partition coefficient (Wildman–Crippen LogP) is 6.76. The second-order valence-electron chi connectivity index (χ2n) is 13.4. The first kappa shape index (κ1) is 31.3. The second-order valence-corrected chi connectivity index (χ2v) is 13.4. The minimum atomic E-state index is -0.566. The third kappa shape index (κ3) is 7.42. The molecule has 1 saturated carbocycles. The maximum absolute atomic E-state index is 13.9. The summed E-state index contributed by atoms with van der Waals surface area (Å²) >= 11 is 0. The number of hydrogen-bond donors (Lipinski definition) is 0. The third-order valence-electron chi connectivity index (χ3n) is 8.87. The lowest BCUT2D eigenvalue weighted by Gasteiger charge is -2.39. The molecule has 1 aliphatic heterocycles. The molecular weight excluding hydrogens is 574 g/mol. The topological polar surface area (TPSA) is 80.6 Å². The van der Waals surface area contributed by atoms with Crippen LogP contribution in [0.4, 0.5) is 10.7 Å². The molecule has 0 unspecified atom stereocenters. The SMILES string of the molecule is CC(C)(C)OC(=O)N(CCc1ccccc1)C1CCN(c2ncc3cc(C#Cc4ccccc4)c(=O)n(C4CCCC4)c3n2)CC1. The molecule has 0 spiro atoms. The number of fused-ring (bicyclic) bond motifs is 1. The average Bonchev–Trinajstić information content (AvgIpc) is 3.59. The number of carbonyl (C=O) groups excluding carboxylic acids is 1. The van der Waals surface area contributed by atoms with Crippen LogP contribution in [0.3, 0.4) is 0 Å². The van der Waals surface area contributed by atoms with Crippen LogP contribution >= 0.6 is 0 Å². The first-order valence-electron chi connectivity index (χ1n) is 16.5. The fraction of sp³-hybridized carbons (Fsp3) is 0.421. The minimum Gasteiger partial charge on any atom is -0.444 e. The number of rotatable bonds is 6. The van der Waals surface area contributed by atoms with E-state index in [4.69, 9.17) is 14.7 Å². The Hall–Kier alpha value is -4.64. The van der Waals surface area contributed by atoms with Gasteiger partial charge >= 0.3 is 6.09 Å². The van der Waals surface area contributed by atoms with Gasteiger partial charge in [-0.2, -0.15) is 4.98 Å². The van der Waals surface area contributed by atoms with E-state index in [1.165, 1.54) is 5.56 Å². The highest BCUT2D eigenvalue weighted by Crippen LogP contribution is 2.31. The molecule has 3 heterocycles. The van der Waals surface area contributed by atoms with Gasteiger partial charge in [0, 0.05) is 48.9 Å². The van der Waals surface area contributed by atoms with Crippen molar-refractivity contribution in [1.29, 1.82) is 0 Å². The van der Waals surface area contributed by atoms with E-state index >= 15 is 0 Å². The molecule has 1 amide bonds.